The first-order valence-corrected chi connectivity index (χ1v) is 6.63. The van der Waals surface area contributed by atoms with Crippen molar-refractivity contribution in [2.75, 3.05) is 12.3 Å². The first kappa shape index (κ1) is 11.0. The number of hydrogen-bond donors (Lipinski definition) is 1. The Hall–Kier alpha value is -0.480. The molecule has 1 aromatic rings. The number of nitrogens with one attached hydrogen (secondary N) is 1. The van der Waals surface area contributed by atoms with Crippen LogP contribution >= 0.6 is 11.8 Å². The molecule has 15 heavy (non-hydrogen) atoms. The van der Waals surface area contributed by atoms with Gasteiger partial charge in [-0.15, -0.1) is 0 Å². The third kappa shape index (κ3) is 3.24. The zero-order valence-electron chi connectivity index (χ0n) is 9.44. The summed E-state index contributed by atoms with van der Waals surface area (Å²) in [6.45, 7) is 6.39. The lowest BCUT2D eigenvalue weighted by molar-refractivity contribution is 0.491. The fraction of sp³-hybridized carbons (Fsp3) is 0.727. The minimum atomic E-state index is 0.710. The van der Waals surface area contributed by atoms with Gasteiger partial charge in [0, 0.05) is 29.8 Å². The van der Waals surface area contributed by atoms with Crippen molar-refractivity contribution in [1.29, 1.82) is 0 Å². The number of nitrogens with zero attached hydrogens (tertiary/aromatic N) is 2. The van der Waals surface area contributed by atoms with Gasteiger partial charge >= 0.3 is 0 Å². The Labute approximate surface area is 95.6 Å². The van der Waals surface area contributed by atoms with Crippen molar-refractivity contribution in [3.05, 3.63) is 18.0 Å². The number of rotatable bonds is 4. The zero-order valence-corrected chi connectivity index (χ0v) is 10.3. The molecule has 4 heteroatoms. The van der Waals surface area contributed by atoms with Crippen LogP contribution in [-0.2, 0) is 6.54 Å². The maximum Gasteiger partial charge on any atom is 0.0534 e. The highest BCUT2D eigenvalue weighted by atomic mass is 32.2. The summed E-state index contributed by atoms with van der Waals surface area (Å²) >= 11 is 2.07. The first-order valence-electron chi connectivity index (χ1n) is 5.58. The Balaban J connectivity index is 1.67. The SMILES string of the molecule is Cc1cnn(CCNC2CSC(C)C2)c1. The summed E-state index contributed by atoms with van der Waals surface area (Å²) in [7, 11) is 0. The number of aromatic nitrogens is 2. The van der Waals surface area contributed by atoms with E-state index in [9.17, 15) is 0 Å². The van der Waals surface area contributed by atoms with E-state index in [1.807, 2.05) is 10.9 Å². The van der Waals surface area contributed by atoms with Crippen LogP contribution in [0.2, 0.25) is 0 Å². The highest BCUT2D eigenvalue weighted by Gasteiger charge is 2.20. The molecule has 0 bridgehead atoms. The molecule has 1 saturated heterocycles. The predicted octanol–water partition coefficient (Wildman–Crippen LogP) is 1.68. The molecule has 1 aliphatic rings. The molecular weight excluding hydrogens is 206 g/mol. The molecule has 0 spiro atoms. The molecule has 1 fully saturated rings. The monoisotopic (exact) mass is 225 g/mol. The van der Waals surface area contributed by atoms with Crippen LogP contribution in [0.3, 0.4) is 0 Å². The average molecular weight is 225 g/mol. The Morgan fingerprint density at radius 1 is 1.67 bits per heavy atom. The van der Waals surface area contributed by atoms with Gasteiger partial charge in [-0.1, -0.05) is 6.92 Å². The van der Waals surface area contributed by atoms with Crippen molar-refractivity contribution < 1.29 is 0 Å². The number of hydrogen-bond acceptors (Lipinski definition) is 3. The molecule has 1 N–H and O–H groups in total. The predicted molar refractivity (Wildman–Crippen MR) is 65.3 cm³/mol. The summed E-state index contributed by atoms with van der Waals surface area (Å²) in [5, 5.41) is 8.68. The fourth-order valence-electron chi connectivity index (χ4n) is 1.93. The van der Waals surface area contributed by atoms with Crippen LogP contribution < -0.4 is 5.32 Å². The molecule has 0 amide bonds. The lowest BCUT2D eigenvalue weighted by Crippen LogP contribution is -2.32. The van der Waals surface area contributed by atoms with Crippen LogP contribution in [0, 0.1) is 6.92 Å². The summed E-state index contributed by atoms with van der Waals surface area (Å²) in [6, 6.07) is 0.710. The first-order chi connectivity index (χ1) is 7.24. The summed E-state index contributed by atoms with van der Waals surface area (Å²) in [6.07, 6.45) is 5.31. The lowest BCUT2D eigenvalue weighted by atomic mass is 10.2. The summed E-state index contributed by atoms with van der Waals surface area (Å²) in [5.74, 6) is 1.26. The minimum Gasteiger partial charge on any atom is -0.311 e. The summed E-state index contributed by atoms with van der Waals surface area (Å²) in [5.41, 5.74) is 1.24. The van der Waals surface area contributed by atoms with Gasteiger partial charge in [0.1, 0.15) is 0 Å². The molecule has 2 unspecified atom stereocenters. The molecule has 2 rings (SSSR count). The Morgan fingerprint density at radius 3 is 3.13 bits per heavy atom. The van der Waals surface area contributed by atoms with E-state index in [2.05, 4.69) is 42.2 Å². The van der Waals surface area contributed by atoms with Crippen LogP contribution in [0.25, 0.3) is 0 Å². The average Bonchev–Trinajstić information content (AvgIpc) is 2.76. The molecule has 2 atom stereocenters. The van der Waals surface area contributed by atoms with Gasteiger partial charge in [-0.2, -0.15) is 16.9 Å². The number of aryl methyl sites for hydroxylation is 1. The maximum absolute atomic E-state index is 4.27. The van der Waals surface area contributed by atoms with Gasteiger partial charge in [0.05, 0.1) is 12.7 Å². The van der Waals surface area contributed by atoms with E-state index in [1.165, 1.54) is 17.7 Å². The molecule has 84 valence electrons. The van der Waals surface area contributed by atoms with Crippen LogP contribution in [-0.4, -0.2) is 33.4 Å². The lowest BCUT2D eigenvalue weighted by Gasteiger charge is -2.11. The molecule has 0 aromatic carbocycles. The van der Waals surface area contributed by atoms with Crippen molar-refractivity contribution in [3.8, 4) is 0 Å². The van der Waals surface area contributed by atoms with Crippen molar-refractivity contribution in [1.82, 2.24) is 15.1 Å². The second kappa shape index (κ2) is 5.03. The van der Waals surface area contributed by atoms with E-state index in [0.717, 1.165) is 18.3 Å². The Morgan fingerprint density at radius 2 is 2.53 bits per heavy atom. The molecule has 2 heterocycles. The van der Waals surface area contributed by atoms with Crippen molar-refractivity contribution >= 4 is 11.8 Å². The van der Waals surface area contributed by atoms with E-state index in [0.29, 0.717) is 6.04 Å². The Kier molecular flexibility index (Phi) is 3.70. The largest absolute Gasteiger partial charge is 0.311 e. The van der Waals surface area contributed by atoms with Gasteiger partial charge in [-0.3, -0.25) is 4.68 Å². The van der Waals surface area contributed by atoms with Crippen LogP contribution in [0.15, 0.2) is 12.4 Å². The third-order valence-electron chi connectivity index (χ3n) is 2.73. The van der Waals surface area contributed by atoms with Gasteiger partial charge in [-0.05, 0) is 18.9 Å². The van der Waals surface area contributed by atoms with E-state index in [1.54, 1.807) is 0 Å². The second-order valence-corrected chi connectivity index (χ2v) is 5.78. The van der Waals surface area contributed by atoms with Gasteiger partial charge in [-0.25, -0.2) is 0 Å². The van der Waals surface area contributed by atoms with Crippen LogP contribution in [0.5, 0.6) is 0 Å². The normalized spacial score (nSPS) is 26.0. The van der Waals surface area contributed by atoms with E-state index < -0.39 is 0 Å². The van der Waals surface area contributed by atoms with Crippen molar-refractivity contribution in [3.63, 3.8) is 0 Å². The number of thioether (sulfide) groups is 1. The smallest absolute Gasteiger partial charge is 0.0534 e. The fourth-order valence-corrected chi connectivity index (χ4v) is 3.12. The topological polar surface area (TPSA) is 29.9 Å². The molecule has 0 radical (unpaired) electrons. The van der Waals surface area contributed by atoms with Gasteiger partial charge < -0.3 is 5.32 Å². The second-order valence-electron chi connectivity index (χ2n) is 4.31. The van der Waals surface area contributed by atoms with Crippen LogP contribution in [0.4, 0.5) is 0 Å². The minimum absolute atomic E-state index is 0.710. The third-order valence-corrected chi connectivity index (χ3v) is 4.09. The van der Waals surface area contributed by atoms with Crippen LogP contribution in [0.1, 0.15) is 18.9 Å². The van der Waals surface area contributed by atoms with E-state index in [-0.39, 0.29) is 0 Å². The van der Waals surface area contributed by atoms with Gasteiger partial charge in [0.25, 0.3) is 0 Å². The van der Waals surface area contributed by atoms with E-state index in [4.69, 9.17) is 0 Å². The standard InChI is InChI=1S/C11H19N3S/c1-9-6-13-14(7-9)4-3-12-11-5-10(2)15-8-11/h6-7,10-12H,3-5,8H2,1-2H3. The molecule has 3 nitrogen and oxygen atoms in total. The summed E-state index contributed by atoms with van der Waals surface area (Å²) in [4.78, 5) is 0. The molecule has 0 saturated carbocycles. The zero-order chi connectivity index (χ0) is 10.7. The maximum atomic E-state index is 4.27. The van der Waals surface area contributed by atoms with Crippen molar-refractivity contribution in [2.45, 2.75) is 38.1 Å². The Bertz CT molecular complexity index is 311. The molecule has 1 aliphatic heterocycles. The van der Waals surface area contributed by atoms with Crippen molar-refractivity contribution in [2.24, 2.45) is 0 Å². The molecule has 0 aliphatic carbocycles. The highest BCUT2D eigenvalue weighted by Crippen LogP contribution is 2.25. The van der Waals surface area contributed by atoms with Gasteiger partial charge in [0.15, 0.2) is 0 Å². The molecule has 1 aromatic heterocycles. The molecular formula is C11H19N3S. The van der Waals surface area contributed by atoms with Gasteiger partial charge in [0.2, 0.25) is 0 Å². The summed E-state index contributed by atoms with van der Waals surface area (Å²) < 4.78 is 2.01. The van der Waals surface area contributed by atoms with E-state index >= 15 is 0 Å². The quantitative estimate of drug-likeness (QED) is 0.845. The highest BCUT2D eigenvalue weighted by molar-refractivity contribution is 8.00.